The highest BCUT2D eigenvalue weighted by molar-refractivity contribution is 5.84. The second-order valence-corrected chi connectivity index (χ2v) is 5.28. The lowest BCUT2D eigenvalue weighted by Gasteiger charge is -2.32. The fourth-order valence-electron chi connectivity index (χ4n) is 2.31. The molecule has 1 atom stereocenters. The molecule has 1 amide bonds. The van der Waals surface area contributed by atoms with Crippen LogP contribution in [0, 0.1) is 5.92 Å². The molecule has 18 heavy (non-hydrogen) atoms. The first-order valence-corrected chi connectivity index (χ1v) is 6.60. The predicted octanol–water partition coefficient (Wildman–Crippen LogP) is 1.48. The Balaban J connectivity index is 1.88. The number of rotatable bonds is 3. The highest BCUT2D eigenvalue weighted by Crippen LogP contribution is 2.17. The highest BCUT2D eigenvalue weighted by atomic mass is 16.2. The van der Waals surface area contributed by atoms with Crippen molar-refractivity contribution in [1.82, 2.24) is 14.7 Å². The van der Waals surface area contributed by atoms with Crippen molar-refractivity contribution in [3.63, 3.8) is 0 Å². The molecule has 1 aromatic rings. The number of piperidine rings is 1. The van der Waals surface area contributed by atoms with Crippen molar-refractivity contribution in [3.8, 4) is 0 Å². The van der Waals surface area contributed by atoms with Crippen LogP contribution in [-0.2, 0) is 11.8 Å². The summed E-state index contributed by atoms with van der Waals surface area (Å²) in [6.07, 6.45) is 5.85. The van der Waals surface area contributed by atoms with Crippen molar-refractivity contribution in [1.29, 1.82) is 0 Å². The minimum Gasteiger partial charge on any atom is -0.371 e. The van der Waals surface area contributed by atoms with E-state index in [1.165, 1.54) is 0 Å². The van der Waals surface area contributed by atoms with Gasteiger partial charge in [-0.15, -0.1) is 0 Å². The van der Waals surface area contributed by atoms with Crippen LogP contribution in [0.4, 0.5) is 5.69 Å². The Hall–Kier alpha value is -1.52. The molecule has 1 aliphatic rings. The number of nitrogens with one attached hydrogen (secondary N) is 1. The molecule has 1 fully saturated rings. The average Bonchev–Trinajstić information content (AvgIpc) is 2.75. The average molecular weight is 250 g/mol. The largest absolute Gasteiger partial charge is 0.371 e. The zero-order valence-corrected chi connectivity index (χ0v) is 11.4. The summed E-state index contributed by atoms with van der Waals surface area (Å²) in [5, 5.41) is 7.28. The van der Waals surface area contributed by atoms with E-state index >= 15 is 0 Å². The summed E-state index contributed by atoms with van der Waals surface area (Å²) in [7, 11) is 1.86. The maximum atomic E-state index is 12.3. The number of aryl methyl sites for hydroxylation is 1. The number of nitrogens with zero attached hydrogens (tertiary/aromatic N) is 3. The first-order valence-electron chi connectivity index (χ1n) is 6.60. The van der Waals surface area contributed by atoms with E-state index in [0.29, 0.717) is 0 Å². The third-order valence-electron chi connectivity index (χ3n) is 3.55. The SMILES string of the molecule is CC1CCN(C(=O)[C@H](C)Nc2cnn(C)c2)CC1. The van der Waals surface area contributed by atoms with E-state index in [0.717, 1.165) is 37.5 Å². The second kappa shape index (κ2) is 5.42. The van der Waals surface area contributed by atoms with E-state index in [1.54, 1.807) is 10.9 Å². The molecule has 0 unspecified atom stereocenters. The second-order valence-electron chi connectivity index (χ2n) is 5.28. The third-order valence-corrected chi connectivity index (χ3v) is 3.55. The van der Waals surface area contributed by atoms with Gasteiger partial charge in [-0.3, -0.25) is 9.48 Å². The van der Waals surface area contributed by atoms with Gasteiger partial charge in [0.15, 0.2) is 0 Å². The van der Waals surface area contributed by atoms with Gasteiger partial charge in [-0.1, -0.05) is 6.92 Å². The molecule has 0 bridgehead atoms. The first kappa shape index (κ1) is 12.9. The molecular weight excluding hydrogens is 228 g/mol. The van der Waals surface area contributed by atoms with Crippen molar-refractivity contribution < 1.29 is 4.79 Å². The van der Waals surface area contributed by atoms with Crippen molar-refractivity contribution in [2.75, 3.05) is 18.4 Å². The van der Waals surface area contributed by atoms with E-state index < -0.39 is 0 Å². The Morgan fingerprint density at radius 1 is 1.50 bits per heavy atom. The van der Waals surface area contributed by atoms with E-state index in [9.17, 15) is 4.79 Å². The van der Waals surface area contributed by atoms with Gasteiger partial charge >= 0.3 is 0 Å². The monoisotopic (exact) mass is 250 g/mol. The number of hydrogen-bond donors (Lipinski definition) is 1. The van der Waals surface area contributed by atoms with E-state index in [-0.39, 0.29) is 11.9 Å². The number of carbonyl (C=O) groups is 1. The summed E-state index contributed by atoms with van der Waals surface area (Å²) in [4.78, 5) is 14.2. The normalized spacial score (nSPS) is 18.7. The van der Waals surface area contributed by atoms with Crippen LogP contribution in [0.25, 0.3) is 0 Å². The van der Waals surface area contributed by atoms with Crippen molar-refractivity contribution in [2.45, 2.75) is 32.7 Å². The van der Waals surface area contributed by atoms with Crippen LogP contribution in [0.2, 0.25) is 0 Å². The lowest BCUT2D eigenvalue weighted by Crippen LogP contribution is -2.45. The summed E-state index contributed by atoms with van der Waals surface area (Å²) in [6, 6.07) is -0.192. The Morgan fingerprint density at radius 3 is 2.72 bits per heavy atom. The minimum atomic E-state index is -0.192. The maximum Gasteiger partial charge on any atom is 0.244 e. The lowest BCUT2D eigenvalue weighted by molar-refractivity contribution is -0.132. The van der Waals surface area contributed by atoms with Crippen LogP contribution in [0.1, 0.15) is 26.7 Å². The van der Waals surface area contributed by atoms with Gasteiger partial charge in [0.1, 0.15) is 6.04 Å². The molecule has 1 aromatic heterocycles. The zero-order valence-electron chi connectivity index (χ0n) is 11.4. The molecule has 0 radical (unpaired) electrons. The Bertz CT molecular complexity index is 407. The molecule has 2 rings (SSSR count). The first-order chi connectivity index (χ1) is 8.56. The number of likely N-dealkylation sites (tertiary alicyclic amines) is 1. The predicted molar refractivity (Wildman–Crippen MR) is 71.3 cm³/mol. The van der Waals surface area contributed by atoms with Gasteiger partial charge in [0, 0.05) is 26.3 Å². The van der Waals surface area contributed by atoms with Crippen molar-refractivity contribution >= 4 is 11.6 Å². The molecule has 1 N–H and O–H groups in total. The quantitative estimate of drug-likeness (QED) is 0.884. The molecule has 1 saturated heterocycles. The van der Waals surface area contributed by atoms with Gasteiger partial charge in [-0.25, -0.2) is 0 Å². The van der Waals surface area contributed by atoms with Gasteiger partial charge in [0.25, 0.3) is 0 Å². The van der Waals surface area contributed by atoms with E-state index in [4.69, 9.17) is 0 Å². The van der Waals surface area contributed by atoms with Crippen LogP contribution in [-0.4, -0.2) is 39.7 Å². The number of aromatic nitrogens is 2. The van der Waals surface area contributed by atoms with Crippen LogP contribution >= 0.6 is 0 Å². The van der Waals surface area contributed by atoms with E-state index in [1.807, 2.05) is 25.1 Å². The summed E-state index contributed by atoms with van der Waals surface area (Å²) in [5.41, 5.74) is 0.892. The fourth-order valence-corrected chi connectivity index (χ4v) is 2.31. The molecule has 100 valence electrons. The maximum absolute atomic E-state index is 12.3. The van der Waals surface area contributed by atoms with Gasteiger partial charge < -0.3 is 10.2 Å². The number of carbonyl (C=O) groups excluding carboxylic acids is 1. The standard InChI is InChI=1S/C13H22N4O/c1-10-4-6-17(7-5-10)13(18)11(2)15-12-8-14-16(3)9-12/h8-11,15H,4-7H2,1-3H3/t11-/m0/s1. The molecule has 5 heteroatoms. The Morgan fingerprint density at radius 2 is 2.17 bits per heavy atom. The number of hydrogen-bond acceptors (Lipinski definition) is 3. The van der Waals surface area contributed by atoms with Crippen LogP contribution < -0.4 is 5.32 Å². The Kier molecular flexibility index (Phi) is 3.89. The summed E-state index contributed by atoms with van der Waals surface area (Å²) in [6.45, 7) is 5.94. The summed E-state index contributed by atoms with van der Waals surface area (Å²) in [5.74, 6) is 0.932. The van der Waals surface area contributed by atoms with Crippen LogP contribution in [0.5, 0.6) is 0 Å². The van der Waals surface area contributed by atoms with Gasteiger partial charge in [0.05, 0.1) is 11.9 Å². The topological polar surface area (TPSA) is 50.2 Å². The Labute approximate surface area is 108 Å². The fraction of sp³-hybridized carbons (Fsp3) is 0.692. The highest BCUT2D eigenvalue weighted by Gasteiger charge is 2.24. The third kappa shape index (κ3) is 3.03. The molecule has 0 spiro atoms. The van der Waals surface area contributed by atoms with Crippen molar-refractivity contribution in [2.24, 2.45) is 13.0 Å². The van der Waals surface area contributed by atoms with Gasteiger partial charge in [0.2, 0.25) is 5.91 Å². The van der Waals surface area contributed by atoms with Gasteiger partial charge in [-0.2, -0.15) is 5.10 Å². The number of amides is 1. The molecule has 5 nitrogen and oxygen atoms in total. The lowest BCUT2D eigenvalue weighted by atomic mass is 9.99. The van der Waals surface area contributed by atoms with E-state index in [2.05, 4.69) is 17.3 Å². The number of anilines is 1. The summed E-state index contributed by atoms with van der Waals surface area (Å²) >= 11 is 0. The van der Waals surface area contributed by atoms with Crippen LogP contribution in [0.15, 0.2) is 12.4 Å². The van der Waals surface area contributed by atoms with Gasteiger partial charge in [-0.05, 0) is 25.7 Å². The molecule has 1 aliphatic heterocycles. The molecular formula is C13H22N4O. The molecule has 0 aromatic carbocycles. The minimum absolute atomic E-state index is 0.186. The zero-order chi connectivity index (χ0) is 13.1. The summed E-state index contributed by atoms with van der Waals surface area (Å²) < 4.78 is 1.72. The van der Waals surface area contributed by atoms with Crippen LogP contribution in [0.3, 0.4) is 0 Å². The smallest absolute Gasteiger partial charge is 0.244 e. The molecule has 0 saturated carbocycles. The molecule has 0 aliphatic carbocycles. The molecule has 2 heterocycles. The van der Waals surface area contributed by atoms with Crippen molar-refractivity contribution in [3.05, 3.63) is 12.4 Å².